The van der Waals surface area contributed by atoms with Crippen molar-refractivity contribution in [2.45, 2.75) is 39.2 Å². The van der Waals surface area contributed by atoms with Gasteiger partial charge in [-0.2, -0.15) is 67.3 Å². The molecule has 4 bridgehead atoms. The van der Waals surface area contributed by atoms with Crippen LogP contribution in [0.3, 0.4) is 0 Å². The number of benzene rings is 6. The third-order valence-electron chi connectivity index (χ3n) is 12.0. The molecule has 0 atom stereocenters. The number of fused-ring (bicyclic) bond motifs is 4. The van der Waals surface area contributed by atoms with Crippen LogP contribution in [0.1, 0.15) is 15.9 Å². The fourth-order valence-corrected chi connectivity index (χ4v) is 14.7. The first-order valence-corrected chi connectivity index (χ1v) is 32.9. The largest absolute Gasteiger partial charge is 0.350 e. The van der Waals surface area contributed by atoms with Crippen LogP contribution < -0.4 is 30.2 Å². The molecule has 0 fully saturated rings. The lowest BCUT2D eigenvalue weighted by molar-refractivity contribution is -0.107. The first-order valence-electron chi connectivity index (χ1n) is 21.4. The number of anilines is 12. The molecule has 6 aromatic rings. The first kappa shape index (κ1) is 61.8. The number of nitrogens with one attached hydrogen (secondary N) is 2. The van der Waals surface area contributed by atoms with Crippen LogP contribution in [0.2, 0.25) is 0 Å². The van der Waals surface area contributed by atoms with Gasteiger partial charge in [0.1, 0.15) is 39.2 Å². The maximum atomic E-state index is 15.8. The Kier molecular flexibility index (Phi) is 15.1. The summed E-state index contributed by atoms with van der Waals surface area (Å²) in [6.45, 7) is 0. The molecule has 0 spiro atoms. The molecule has 4 aliphatic heterocycles. The molecule has 0 unspecified atom stereocenters. The molecule has 0 saturated carbocycles. The van der Waals surface area contributed by atoms with Crippen LogP contribution in [0.25, 0.3) is 0 Å². The number of amides is 4. The monoisotopic (exact) mass is 1320 g/mol. The molecule has 10 rings (SSSR count). The van der Waals surface area contributed by atoms with E-state index in [1.165, 1.54) is 0 Å². The van der Waals surface area contributed by atoms with Gasteiger partial charge < -0.3 is 10.6 Å². The molecule has 4 aliphatic rings. The van der Waals surface area contributed by atoms with E-state index in [9.17, 15) is 123 Å². The van der Waals surface area contributed by atoms with Gasteiger partial charge in [0.25, 0.3) is 80.9 Å². The van der Waals surface area contributed by atoms with E-state index in [0.717, 1.165) is 0 Å². The van der Waals surface area contributed by atoms with Crippen LogP contribution in [-0.4, -0.2) is 135 Å². The van der Waals surface area contributed by atoms with E-state index in [-0.39, 0.29) is 19.6 Å². The summed E-state index contributed by atoms with van der Waals surface area (Å²) in [5.74, 6) is -1.82. The highest BCUT2D eigenvalue weighted by Crippen LogP contribution is 2.61. The van der Waals surface area contributed by atoms with Crippen molar-refractivity contribution in [1.29, 1.82) is 0 Å². The zero-order valence-electron chi connectivity index (χ0n) is 40.1. The van der Waals surface area contributed by atoms with Gasteiger partial charge >= 0.3 is 0 Å². The topological polar surface area (TPSA) is 557 Å². The molecule has 444 valence electrons. The van der Waals surface area contributed by atoms with E-state index in [1.54, 1.807) is 0 Å². The lowest BCUT2D eigenvalue weighted by atomic mass is 9.89. The van der Waals surface area contributed by atoms with Crippen molar-refractivity contribution < 1.29 is 128 Å². The second-order valence-corrected chi connectivity index (χ2v) is 27.9. The van der Waals surface area contributed by atoms with Gasteiger partial charge in [0.15, 0.2) is 5.78 Å². The molecular weight excluding hydrogens is 1300 g/mol. The zero-order chi connectivity index (χ0) is 62.7. The van der Waals surface area contributed by atoms with Crippen LogP contribution in [0, 0.1) is 0 Å². The Morgan fingerprint density at radius 1 is 0.310 bits per heavy atom. The van der Waals surface area contributed by atoms with E-state index in [1.807, 2.05) is 0 Å². The van der Waals surface area contributed by atoms with Gasteiger partial charge in [0.2, 0.25) is 25.6 Å². The van der Waals surface area contributed by atoms with Crippen molar-refractivity contribution in [3.63, 3.8) is 0 Å². The molecule has 84 heavy (non-hydrogen) atoms. The fraction of sp³-hybridized carbons (Fsp3) is 0. The average molecular weight is 1330 g/mol. The minimum Gasteiger partial charge on any atom is -0.350 e. The van der Waals surface area contributed by atoms with Gasteiger partial charge in [-0.05, 0) is 60.7 Å². The maximum absolute atomic E-state index is 15.8. The van der Waals surface area contributed by atoms with Crippen molar-refractivity contribution in [3.05, 3.63) is 96.1 Å². The van der Waals surface area contributed by atoms with Crippen LogP contribution in [0.5, 0.6) is 0 Å². The smallest absolute Gasteiger partial charge is 0.296 e. The van der Waals surface area contributed by atoms with Crippen LogP contribution in [0.4, 0.5) is 68.2 Å². The van der Waals surface area contributed by atoms with Crippen LogP contribution in [-0.2, 0) is 100 Å². The van der Waals surface area contributed by atoms with E-state index in [4.69, 9.17) is 0 Å². The van der Waals surface area contributed by atoms with Crippen molar-refractivity contribution in [2.75, 3.05) is 30.2 Å². The number of carbonyl (C=O) groups excluding carboxylic acids is 5. The maximum Gasteiger partial charge on any atom is 0.296 e. The van der Waals surface area contributed by atoms with Gasteiger partial charge in [-0.25, -0.2) is 0 Å². The summed E-state index contributed by atoms with van der Waals surface area (Å²) in [6, 6.07) is 6.74. The van der Waals surface area contributed by atoms with Crippen LogP contribution in [0.15, 0.2) is 124 Å². The highest BCUT2D eigenvalue weighted by molar-refractivity contribution is 7.88. The predicted molar refractivity (Wildman–Crippen MR) is 280 cm³/mol. The second kappa shape index (κ2) is 20.5. The molecule has 4 heterocycles. The Morgan fingerprint density at radius 3 is 0.679 bits per heavy atom. The Morgan fingerprint density at radius 2 is 0.500 bits per heavy atom. The number of hydrogen-bond donors (Lipinski definition) is 10. The Labute approximate surface area is 471 Å². The number of hydrogen-bond acceptors (Lipinski definition) is 23. The number of rotatable bonds is 22. The van der Waals surface area contributed by atoms with E-state index < -0.39 is 231 Å². The summed E-state index contributed by atoms with van der Waals surface area (Å²) in [6.07, 6.45) is -1.95. The number of carbonyl (C=O) groups is 5. The normalized spacial score (nSPS) is 13.2. The molecular formula is C41H28N6O29S8. The van der Waals surface area contributed by atoms with Crippen molar-refractivity contribution in [3.8, 4) is 0 Å². The third kappa shape index (κ3) is 10.6. The van der Waals surface area contributed by atoms with Gasteiger partial charge in [0, 0.05) is 0 Å². The van der Waals surface area contributed by atoms with Crippen molar-refractivity contribution >= 4 is 181 Å². The lowest BCUT2D eigenvalue weighted by Crippen LogP contribution is -2.31. The van der Waals surface area contributed by atoms with Crippen molar-refractivity contribution in [2.24, 2.45) is 0 Å². The zero-order valence-corrected chi connectivity index (χ0v) is 46.6. The Hall–Kier alpha value is -8.25. The number of nitrogens with zero attached hydrogens (tertiary/aromatic N) is 4. The summed E-state index contributed by atoms with van der Waals surface area (Å²) >= 11 is 0. The molecule has 0 radical (unpaired) electrons. The van der Waals surface area contributed by atoms with E-state index in [2.05, 4.69) is 10.6 Å². The minimum atomic E-state index is -5.80. The molecule has 0 aromatic heterocycles. The second-order valence-electron chi connectivity index (χ2n) is 16.8. The number of para-hydroxylation sites is 4. The highest BCUT2D eigenvalue weighted by Gasteiger charge is 2.45. The van der Waals surface area contributed by atoms with E-state index in [0.29, 0.717) is 84.9 Å². The summed E-state index contributed by atoms with van der Waals surface area (Å²) < 4.78 is 289. The Balaban J connectivity index is 1.58. The molecule has 10 N–H and O–H groups in total. The Bertz CT molecular complexity index is 4210. The highest BCUT2D eigenvalue weighted by atomic mass is 32.2. The average Bonchev–Trinajstić information content (AvgIpc) is 0.747. The number of ketones is 1. The molecule has 0 aliphatic carbocycles. The van der Waals surface area contributed by atoms with Gasteiger partial charge in [-0.1, -0.05) is 24.3 Å². The molecule has 4 amide bonds. The summed E-state index contributed by atoms with van der Waals surface area (Å²) in [5.41, 5.74) is -17.0. The first-order chi connectivity index (χ1) is 38.5. The quantitative estimate of drug-likeness (QED) is 0.0264. The minimum absolute atomic E-state index is 0.0749. The predicted octanol–water partition coefficient (Wildman–Crippen LogP) is 2.18. The lowest BCUT2D eigenvalue weighted by Gasteiger charge is -2.39. The summed E-state index contributed by atoms with van der Waals surface area (Å²) in [7, 11) is -46.4. The summed E-state index contributed by atoms with van der Waals surface area (Å²) in [4.78, 5) is 56.7. The standard InChI is InChI=1S/C41H28N6O29S8/c48-15-44(35-23(77(53,54)55)5-1-6-24(35)78(56,57)58)21-13-19(31-39(33(21)42-31)46(17-50)37-27(81(65,66)67)9-3-10-28(37)82(68,69)70)41(52)20-14-22(45(16-49)36-25(79(59,60)61)7-2-8-26(36)80(62,63)64)34-40(32(20)43-34)47(18-51)38-29(83(71,72)73)11-4-12-30(38)84(74,75)76/h1-18,42-43H,(H,53,54,55)(H,56,57,58)(H,59,60,61)(H,62,63,64)(H,65,66,67)(H,68,69,70)(H,71,72,73)(H,74,75,76). The van der Waals surface area contributed by atoms with E-state index >= 15 is 4.79 Å². The van der Waals surface area contributed by atoms with Gasteiger partial charge in [-0.3, -0.25) is 80.0 Å². The van der Waals surface area contributed by atoms with Gasteiger partial charge in [0.05, 0.1) is 79.4 Å². The molecule has 35 nitrogen and oxygen atoms in total. The van der Waals surface area contributed by atoms with Crippen LogP contribution >= 0.6 is 0 Å². The molecule has 0 saturated heterocycles. The van der Waals surface area contributed by atoms with Gasteiger partial charge in [-0.15, -0.1) is 0 Å². The van der Waals surface area contributed by atoms with Crippen molar-refractivity contribution in [1.82, 2.24) is 0 Å². The SMILES string of the molecule is O=CN(c1cc(C(=O)c2cc(N(C=O)c3c(S(=O)(=O)O)cccc3S(=O)(=O)O)c3c(N(C=O)c4c(S(=O)(=O)O)cccc4S(=O)(=O)O)c2N3)c2c(N(C=O)c3c(S(=O)(=O)O)cccc3S(=O)(=O)O)c1N2)c1c(S(=O)(=O)O)cccc1S(=O)(=O)O. The summed E-state index contributed by atoms with van der Waals surface area (Å²) in [5, 5.41) is 4.70. The molecule has 6 aromatic carbocycles. The molecule has 43 heteroatoms. The fourth-order valence-electron chi connectivity index (χ4n) is 8.82. The third-order valence-corrected chi connectivity index (χ3v) is 19.1.